The first-order valence-electron chi connectivity index (χ1n) is 9.12. The van der Waals surface area contributed by atoms with Crippen molar-refractivity contribution < 1.29 is 19.1 Å². The van der Waals surface area contributed by atoms with Crippen LogP contribution in [0.2, 0.25) is 0 Å². The molecule has 0 rings (SSSR count). The number of hydrogen-bond donors (Lipinski definition) is 0. The van der Waals surface area contributed by atoms with Gasteiger partial charge < -0.3 is 9.47 Å². The molecule has 0 aromatic heterocycles. The minimum atomic E-state index is -0.210. The topological polar surface area (TPSA) is 52.6 Å². The van der Waals surface area contributed by atoms with Gasteiger partial charge in [-0.1, -0.05) is 61.1 Å². The molecule has 0 saturated carbocycles. The lowest BCUT2D eigenvalue weighted by molar-refractivity contribution is -0.146. The second-order valence-corrected chi connectivity index (χ2v) is 8.58. The van der Waals surface area contributed by atoms with Crippen molar-refractivity contribution in [2.24, 2.45) is 0 Å². The third kappa shape index (κ3) is 15.2. The summed E-state index contributed by atoms with van der Waals surface area (Å²) in [5.74, 6) is 0.111. The maximum Gasteiger partial charge on any atom is 0.317 e. The molecule has 0 amide bonds. The average Bonchev–Trinajstić information content (AvgIpc) is 2.52. The highest BCUT2D eigenvalue weighted by Crippen LogP contribution is 2.22. The van der Waals surface area contributed by atoms with E-state index in [9.17, 15) is 9.59 Å². The zero-order valence-electron chi connectivity index (χ0n) is 15.7. The number of hydrogen-bond acceptors (Lipinski definition) is 6. The molecule has 0 heterocycles. The van der Waals surface area contributed by atoms with E-state index in [1.165, 1.54) is 47.3 Å². The first-order valence-corrected chi connectivity index (χ1v) is 11.6. The van der Waals surface area contributed by atoms with E-state index in [0.717, 1.165) is 25.7 Å². The molecular formula is C18H34O4S2. The predicted octanol–water partition coefficient (Wildman–Crippen LogP) is 5.39. The molecule has 0 radical (unpaired) electrons. The lowest BCUT2D eigenvalue weighted by Gasteiger charge is -2.13. The molecule has 0 aromatic carbocycles. The standard InChI is InChI=1S/C18H34O4S2/c1-5-7-9-11-15(3)21-17(19)13-23-24-14-18(20)22-16(4)12-10-8-6-2/h15-16H,5-14H2,1-4H3. The van der Waals surface area contributed by atoms with E-state index < -0.39 is 0 Å². The average molecular weight is 379 g/mol. The number of rotatable bonds is 15. The Kier molecular flexibility index (Phi) is 15.9. The summed E-state index contributed by atoms with van der Waals surface area (Å²) >= 11 is 0. The SMILES string of the molecule is CCCCCC(C)OC(=O)CSSCC(=O)OC(C)CCCCC. The molecule has 2 atom stereocenters. The highest BCUT2D eigenvalue weighted by Gasteiger charge is 2.12. The Balaban J connectivity index is 3.62. The molecule has 0 N–H and O–H groups in total. The number of unbranched alkanes of at least 4 members (excludes halogenated alkanes) is 4. The van der Waals surface area contributed by atoms with Crippen molar-refractivity contribution in [2.75, 3.05) is 11.5 Å². The highest BCUT2D eigenvalue weighted by molar-refractivity contribution is 8.77. The zero-order chi connectivity index (χ0) is 18.2. The van der Waals surface area contributed by atoms with Crippen molar-refractivity contribution in [2.45, 2.75) is 91.3 Å². The maximum atomic E-state index is 11.7. The lowest BCUT2D eigenvalue weighted by atomic mass is 10.1. The molecule has 6 heteroatoms. The molecule has 0 aliphatic heterocycles. The van der Waals surface area contributed by atoms with E-state index in [4.69, 9.17) is 9.47 Å². The normalized spacial score (nSPS) is 13.3. The van der Waals surface area contributed by atoms with Crippen LogP contribution in [0.15, 0.2) is 0 Å². The third-order valence-electron chi connectivity index (χ3n) is 3.53. The van der Waals surface area contributed by atoms with E-state index >= 15 is 0 Å². The van der Waals surface area contributed by atoms with Gasteiger partial charge in [0.1, 0.15) is 11.5 Å². The first-order chi connectivity index (χ1) is 11.5. The quantitative estimate of drug-likeness (QED) is 0.216. The Morgan fingerprint density at radius 2 is 1.12 bits per heavy atom. The molecule has 0 aliphatic rings. The third-order valence-corrected chi connectivity index (χ3v) is 5.61. The van der Waals surface area contributed by atoms with E-state index in [0.29, 0.717) is 0 Å². The summed E-state index contributed by atoms with van der Waals surface area (Å²) in [6.45, 7) is 8.17. The molecule has 2 unspecified atom stereocenters. The van der Waals surface area contributed by atoms with Crippen molar-refractivity contribution in [3.05, 3.63) is 0 Å². The second kappa shape index (κ2) is 16.1. The van der Waals surface area contributed by atoms with Gasteiger partial charge in [0.05, 0.1) is 12.2 Å². The Hall–Kier alpha value is -0.360. The van der Waals surface area contributed by atoms with Gasteiger partial charge in [-0.3, -0.25) is 9.59 Å². The first kappa shape index (κ1) is 23.6. The maximum absolute atomic E-state index is 11.7. The molecule has 0 spiro atoms. The van der Waals surface area contributed by atoms with Crippen LogP contribution in [-0.4, -0.2) is 35.7 Å². The van der Waals surface area contributed by atoms with Crippen LogP contribution < -0.4 is 0 Å². The smallest absolute Gasteiger partial charge is 0.317 e. The van der Waals surface area contributed by atoms with E-state index in [1.807, 2.05) is 13.8 Å². The Morgan fingerprint density at radius 3 is 1.46 bits per heavy atom. The molecule has 24 heavy (non-hydrogen) atoms. The summed E-state index contributed by atoms with van der Waals surface area (Å²) in [5.41, 5.74) is 0. The van der Waals surface area contributed by atoms with Gasteiger partial charge in [-0.25, -0.2) is 0 Å². The van der Waals surface area contributed by atoms with Crippen molar-refractivity contribution >= 4 is 33.5 Å². The number of carbonyl (C=O) groups excluding carboxylic acids is 2. The second-order valence-electron chi connectivity index (χ2n) is 6.12. The van der Waals surface area contributed by atoms with Crippen LogP contribution in [0.5, 0.6) is 0 Å². The fourth-order valence-corrected chi connectivity index (χ4v) is 3.75. The van der Waals surface area contributed by atoms with Gasteiger partial charge in [-0.05, 0) is 39.5 Å². The molecular weight excluding hydrogens is 344 g/mol. The van der Waals surface area contributed by atoms with Crippen LogP contribution in [0.3, 0.4) is 0 Å². The largest absolute Gasteiger partial charge is 0.462 e. The van der Waals surface area contributed by atoms with E-state index in [-0.39, 0.29) is 35.7 Å². The van der Waals surface area contributed by atoms with Crippen LogP contribution in [0.4, 0.5) is 0 Å². The molecule has 4 nitrogen and oxygen atoms in total. The Morgan fingerprint density at radius 1 is 0.750 bits per heavy atom. The van der Waals surface area contributed by atoms with E-state index in [1.54, 1.807) is 0 Å². The van der Waals surface area contributed by atoms with Crippen LogP contribution in [0.25, 0.3) is 0 Å². The fraction of sp³-hybridized carbons (Fsp3) is 0.889. The number of carbonyl (C=O) groups is 2. The van der Waals surface area contributed by atoms with Gasteiger partial charge in [0.2, 0.25) is 0 Å². The molecule has 0 fully saturated rings. The summed E-state index contributed by atoms with van der Waals surface area (Å²) in [6.07, 6.45) is 8.65. The molecule has 0 aliphatic carbocycles. The van der Waals surface area contributed by atoms with Gasteiger partial charge in [-0.2, -0.15) is 0 Å². The zero-order valence-corrected chi connectivity index (χ0v) is 17.3. The van der Waals surface area contributed by atoms with Crippen LogP contribution in [0.1, 0.15) is 79.1 Å². The van der Waals surface area contributed by atoms with Crippen molar-refractivity contribution in [3.8, 4) is 0 Å². The number of ether oxygens (including phenoxy) is 2. The Bertz CT molecular complexity index is 305. The molecule has 0 bridgehead atoms. The lowest BCUT2D eigenvalue weighted by Crippen LogP contribution is -2.17. The molecule has 0 aromatic rings. The molecule has 142 valence electrons. The summed E-state index contributed by atoms with van der Waals surface area (Å²) in [6, 6.07) is 0. The summed E-state index contributed by atoms with van der Waals surface area (Å²) in [5, 5.41) is 0. The fourth-order valence-electron chi connectivity index (χ4n) is 2.18. The monoisotopic (exact) mass is 378 g/mol. The van der Waals surface area contributed by atoms with Crippen LogP contribution >= 0.6 is 21.6 Å². The van der Waals surface area contributed by atoms with E-state index in [2.05, 4.69) is 13.8 Å². The van der Waals surface area contributed by atoms with Crippen molar-refractivity contribution in [1.29, 1.82) is 0 Å². The van der Waals surface area contributed by atoms with Crippen molar-refractivity contribution in [3.63, 3.8) is 0 Å². The number of esters is 2. The summed E-state index contributed by atoms with van der Waals surface area (Å²) in [7, 11) is 2.70. The van der Waals surface area contributed by atoms with Gasteiger partial charge >= 0.3 is 11.9 Å². The predicted molar refractivity (Wildman–Crippen MR) is 104 cm³/mol. The molecule has 0 saturated heterocycles. The highest BCUT2D eigenvalue weighted by atomic mass is 33.1. The summed E-state index contributed by atoms with van der Waals surface area (Å²) in [4.78, 5) is 23.4. The van der Waals surface area contributed by atoms with Crippen LogP contribution in [-0.2, 0) is 19.1 Å². The van der Waals surface area contributed by atoms with Crippen LogP contribution in [0, 0.1) is 0 Å². The Labute approximate surface area is 155 Å². The minimum absolute atomic E-state index is 0.0245. The van der Waals surface area contributed by atoms with Gasteiger partial charge in [0.25, 0.3) is 0 Å². The minimum Gasteiger partial charge on any atom is -0.462 e. The van der Waals surface area contributed by atoms with Gasteiger partial charge in [0, 0.05) is 0 Å². The van der Waals surface area contributed by atoms with Crippen molar-refractivity contribution in [1.82, 2.24) is 0 Å². The van der Waals surface area contributed by atoms with Gasteiger partial charge in [-0.15, -0.1) is 0 Å². The van der Waals surface area contributed by atoms with Gasteiger partial charge in [0.15, 0.2) is 0 Å². The summed E-state index contributed by atoms with van der Waals surface area (Å²) < 4.78 is 10.7.